The SMILES string of the molecule is Cc1cc(CCNC(=O)O)cc2ccsc12. The van der Waals surface area contributed by atoms with E-state index in [1.165, 1.54) is 21.2 Å². The first kappa shape index (κ1) is 11.0. The van der Waals surface area contributed by atoms with Crippen molar-refractivity contribution < 1.29 is 9.90 Å². The third-order valence-corrected chi connectivity index (χ3v) is 3.55. The number of fused-ring (bicyclic) bond motifs is 1. The van der Waals surface area contributed by atoms with Crippen molar-refractivity contribution in [2.45, 2.75) is 13.3 Å². The van der Waals surface area contributed by atoms with Crippen molar-refractivity contribution in [1.82, 2.24) is 5.32 Å². The topological polar surface area (TPSA) is 49.3 Å². The summed E-state index contributed by atoms with van der Waals surface area (Å²) >= 11 is 1.74. The number of carboxylic acid groups (broad SMARTS) is 1. The highest BCUT2D eigenvalue weighted by Crippen LogP contribution is 2.25. The molecular formula is C12H13NO2S. The van der Waals surface area contributed by atoms with Crippen molar-refractivity contribution in [1.29, 1.82) is 0 Å². The summed E-state index contributed by atoms with van der Waals surface area (Å²) in [6.45, 7) is 2.55. The van der Waals surface area contributed by atoms with Crippen LogP contribution in [0.1, 0.15) is 11.1 Å². The highest BCUT2D eigenvalue weighted by Gasteiger charge is 2.02. The summed E-state index contributed by atoms with van der Waals surface area (Å²) < 4.78 is 1.31. The van der Waals surface area contributed by atoms with Gasteiger partial charge >= 0.3 is 6.09 Å². The van der Waals surface area contributed by atoms with Crippen LogP contribution in [0, 0.1) is 6.92 Å². The maximum Gasteiger partial charge on any atom is 0.404 e. The van der Waals surface area contributed by atoms with E-state index in [0.29, 0.717) is 6.54 Å². The Morgan fingerprint density at radius 3 is 3.06 bits per heavy atom. The molecule has 0 radical (unpaired) electrons. The number of thiophene rings is 1. The molecule has 2 N–H and O–H groups in total. The van der Waals surface area contributed by atoms with Gasteiger partial charge in [-0.05, 0) is 41.3 Å². The monoisotopic (exact) mass is 235 g/mol. The Morgan fingerprint density at radius 1 is 1.50 bits per heavy atom. The highest BCUT2D eigenvalue weighted by atomic mass is 32.1. The van der Waals surface area contributed by atoms with Gasteiger partial charge in [0.2, 0.25) is 0 Å². The molecule has 0 saturated carbocycles. The molecule has 4 heteroatoms. The Balaban J connectivity index is 2.15. The number of carbonyl (C=O) groups is 1. The van der Waals surface area contributed by atoms with Crippen LogP contribution in [0.15, 0.2) is 23.6 Å². The first-order valence-corrected chi connectivity index (χ1v) is 5.98. The van der Waals surface area contributed by atoms with E-state index in [0.717, 1.165) is 6.42 Å². The fraction of sp³-hybridized carbons (Fsp3) is 0.250. The minimum Gasteiger partial charge on any atom is -0.465 e. The molecule has 0 spiro atoms. The zero-order valence-corrected chi connectivity index (χ0v) is 9.80. The fourth-order valence-electron chi connectivity index (χ4n) is 1.80. The number of aryl methyl sites for hydroxylation is 1. The lowest BCUT2D eigenvalue weighted by Crippen LogP contribution is -2.23. The van der Waals surface area contributed by atoms with Crippen LogP contribution in [0.5, 0.6) is 0 Å². The molecule has 0 aliphatic rings. The first-order chi connectivity index (χ1) is 7.66. The normalized spacial score (nSPS) is 10.6. The second-order valence-corrected chi connectivity index (χ2v) is 4.65. The van der Waals surface area contributed by atoms with Crippen molar-refractivity contribution in [3.63, 3.8) is 0 Å². The van der Waals surface area contributed by atoms with E-state index in [1.54, 1.807) is 11.3 Å². The number of hydrogen-bond donors (Lipinski definition) is 2. The van der Waals surface area contributed by atoms with Gasteiger partial charge in [-0.1, -0.05) is 12.1 Å². The van der Waals surface area contributed by atoms with E-state index in [2.05, 4.69) is 35.8 Å². The van der Waals surface area contributed by atoms with Gasteiger partial charge in [-0.2, -0.15) is 0 Å². The minimum atomic E-state index is -0.965. The van der Waals surface area contributed by atoms with Crippen LogP contribution < -0.4 is 5.32 Å². The maximum absolute atomic E-state index is 10.3. The van der Waals surface area contributed by atoms with Crippen LogP contribution in [0.4, 0.5) is 4.79 Å². The summed E-state index contributed by atoms with van der Waals surface area (Å²) in [6, 6.07) is 6.35. The molecule has 0 saturated heterocycles. The van der Waals surface area contributed by atoms with Crippen LogP contribution in [0.2, 0.25) is 0 Å². The molecule has 2 rings (SSSR count). The fourth-order valence-corrected chi connectivity index (χ4v) is 2.66. The molecule has 0 aliphatic carbocycles. The standard InChI is InChI=1S/C12H13NO2S/c1-8-6-9(2-4-13-12(14)15)7-10-3-5-16-11(8)10/h3,5-7,13H,2,4H2,1H3,(H,14,15). The molecule has 0 aliphatic heterocycles. The number of amides is 1. The molecule has 1 aromatic carbocycles. The highest BCUT2D eigenvalue weighted by molar-refractivity contribution is 7.17. The molecule has 1 amide bonds. The van der Waals surface area contributed by atoms with Gasteiger partial charge in [0.05, 0.1) is 0 Å². The Labute approximate surface area is 97.7 Å². The molecule has 1 heterocycles. The van der Waals surface area contributed by atoms with Crippen LogP contribution in [-0.2, 0) is 6.42 Å². The molecular weight excluding hydrogens is 222 g/mol. The molecule has 0 bridgehead atoms. The molecule has 1 aromatic heterocycles. The molecule has 0 fully saturated rings. The van der Waals surface area contributed by atoms with Gasteiger partial charge in [0.25, 0.3) is 0 Å². The third kappa shape index (κ3) is 2.33. The van der Waals surface area contributed by atoms with Crippen LogP contribution in [0.25, 0.3) is 10.1 Å². The van der Waals surface area contributed by atoms with Crippen molar-refractivity contribution in [3.8, 4) is 0 Å². The van der Waals surface area contributed by atoms with E-state index >= 15 is 0 Å². The van der Waals surface area contributed by atoms with Gasteiger partial charge in [0, 0.05) is 11.2 Å². The van der Waals surface area contributed by atoms with Gasteiger partial charge < -0.3 is 10.4 Å². The van der Waals surface area contributed by atoms with Gasteiger partial charge in [0.15, 0.2) is 0 Å². The van der Waals surface area contributed by atoms with Crippen molar-refractivity contribution >= 4 is 27.5 Å². The van der Waals surface area contributed by atoms with E-state index < -0.39 is 6.09 Å². The van der Waals surface area contributed by atoms with E-state index in [-0.39, 0.29) is 0 Å². The Bertz CT molecular complexity index is 519. The van der Waals surface area contributed by atoms with E-state index in [4.69, 9.17) is 5.11 Å². The van der Waals surface area contributed by atoms with Gasteiger partial charge in [0.1, 0.15) is 0 Å². The first-order valence-electron chi connectivity index (χ1n) is 5.10. The lowest BCUT2D eigenvalue weighted by atomic mass is 10.1. The summed E-state index contributed by atoms with van der Waals surface area (Å²) in [4.78, 5) is 10.3. The molecule has 84 valence electrons. The summed E-state index contributed by atoms with van der Waals surface area (Å²) in [5.74, 6) is 0. The van der Waals surface area contributed by atoms with Crippen LogP contribution in [-0.4, -0.2) is 17.7 Å². The summed E-state index contributed by atoms with van der Waals surface area (Å²) in [5.41, 5.74) is 2.44. The average molecular weight is 235 g/mol. The Morgan fingerprint density at radius 2 is 2.31 bits per heavy atom. The Hall–Kier alpha value is -1.55. The quantitative estimate of drug-likeness (QED) is 0.859. The van der Waals surface area contributed by atoms with Crippen LogP contribution >= 0.6 is 11.3 Å². The zero-order valence-electron chi connectivity index (χ0n) is 8.99. The summed E-state index contributed by atoms with van der Waals surface area (Å²) in [7, 11) is 0. The van der Waals surface area contributed by atoms with E-state index in [9.17, 15) is 4.79 Å². The summed E-state index contributed by atoms with van der Waals surface area (Å²) in [5, 5.41) is 14.2. The lowest BCUT2D eigenvalue weighted by Gasteiger charge is -2.04. The molecule has 0 unspecified atom stereocenters. The maximum atomic E-state index is 10.3. The third-order valence-electron chi connectivity index (χ3n) is 2.49. The minimum absolute atomic E-state index is 0.463. The molecule has 16 heavy (non-hydrogen) atoms. The number of nitrogens with one attached hydrogen (secondary N) is 1. The Kier molecular flexibility index (Phi) is 3.10. The predicted octanol–water partition coefficient (Wildman–Crippen LogP) is 3.02. The van der Waals surface area contributed by atoms with Gasteiger partial charge in [-0.25, -0.2) is 4.79 Å². The van der Waals surface area contributed by atoms with Crippen LogP contribution in [0.3, 0.4) is 0 Å². The smallest absolute Gasteiger partial charge is 0.404 e. The molecule has 3 nitrogen and oxygen atoms in total. The van der Waals surface area contributed by atoms with Crippen molar-refractivity contribution in [2.24, 2.45) is 0 Å². The van der Waals surface area contributed by atoms with Gasteiger partial charge in [-0.15, -0.1) is 11.3 Å². The number of benzene rings is 1. The van der Waals surface area contributed by atoms with Crippen molar-refractivity contribution in [3.05, 3.63) is 34.7 Å². The zero-order chi connectivity index (χ0) is 11.5. The molecule has 0 atom stereocenters. The van der Waals surface area contributed by atoms with Gasteiger partial charge in [-0.3, -0.25) is 0 Å². The van der Waals surface area contributed by atoms with Crippen molar-refractivity contribution in [2.75, 3.05) is 6.54 Å². The predicted molar refractivity (Wildman–Crippen MR) is 66.3 cm³/mol. The lowest BCUT2D eigenvalue weighted by molar-refractivity contribution is 0.194. The summed E-state index contributed by atoms with van der Waals surface area (Å²) in [6.07, 6.45) is -0.229. The molecule has 2 aromatic rings. The number of hydrogen-bond acceptors (Lipinski definition) is 2. The second kappa shape index (κ2) is 4.53. The largest absolute Gasteiger partial charge is 0.465 e. The second-order valence-electron chi connectivity index (χ2n) is 3.73. The number of rotatable bonds is 3. The average Bonchev–Trinajstić information content (AvgIpc) is 2.65. The van der Waals surface area contributed by atoms with E-state index in [1.807, 2.05) is 0 Å².